The minimum absolute atomic E-state index is 0.104. The third-order valence-corrected chi connectivity index (χ3v) is 4.51. The van der Waals surface area contributed by atoms with Crippen LogP contribution in [0.15, 0.2) is 42.5 Å². The van der Waals surface area contributed by atoms with Gasteiger partial charge in [0.15, 0.2) is 11.5 Å². The molecule has 2 aromatic carbocycles. The lowest BCUT2D eigenvalue weighted by atomic mass is 9.84. The van der Waals surface area contributed by atoms with Crippen molar-refractivity contribution in [3.63, 3.8) is 0 Å². The second-order valence-corrected chi connectivity index (χ2v) is 6.32. The maximum atomic E-state index is 12.2. The van der Waals surface area contributed by atoms with Crippen LogP contribution in [0.5, 0.6) is 17.2 Å². The molecule has 3 rings (SSSR count). The van der Waals surface area contributed by atoms with Crippen molar-refractivity contribution in [1.29, 1.82) is 0 Å². The van der Waals surface area contributed by atoms with E-state index in [2.05, 4.69) is 5.32 Å². The summed E-state index contributed by atoms with van der Waals surface area (Å²) in [7, 11) is 9.38. The summed E-state index contributed by atoms with van der Waals surface area (Å²) in [6.45, 7) is 0.539. The SMILES string of the molecule is [B][C@H](C[C@@H]1COc2c(OC)cccc21)NC(=O)Cc1ccc(OC)cc1. The molecule has 0 saturated carbocycles. The Labute approximate surface area is 155 Å². The number of rotatable bonds is 7. The predicted octanol–water partition coefficient (Wildman–Crippen LogP) is 2.42. The molecule has 1 amide bonds. The van der Waals surface area contributed by atoms with E-state index in [0.717, 1.165) is 28.4 Å². The average molecular weight is 351 g/mol. The van der Waals surface area contributed by atoms with Crippen LogP contribution in [0.3, 0.4) is 0 Å². The maximum absolute atomic E-state index is 12.2. The fourth-order valence-corrected chi connectivity index (χ4v) is 3.19. The summed E-state index contributed by atoms with van der Waals surface area (Å²) in [6, 6.07) is 13.2. The highest BCUT2D eigenvalue weighted by atomic mass is 16.5. The van der Waals surface area contributed by atoms with Crippen molar-refractivity contribution in [2.24, 2.45) is 0 Å². The molecule has 1 aliphatic heterocycles. The van der Waals surface area contributed by atoms with Crippen LogP contribution in [0.4, 0.5) is 0 Å². The highest BCUT2D eigenvalue weighted by molar-refractivity contribution is 6.13. The number of carbonyl (C=O) groups excluding carboxylic acids is 1. The molecule has 0 fully saturated rings. The van der Waals surface area contributed by atoms with Crippen molar-refractivity contribution >= 4 is 13.8 Å². The van der Waals surface area contributed by atoms with E-state index < -0.39 is 5.94 Å². The van der Waals surface area contributed by atoms with E-state index in [1.807, 2.05) is 42.5 Å². The van der Waals surface area contributed by atoms with Gasteiger partial charge in [0.25, 0.3) is 0 Å². The third-order valence-electron chi connectivity index (χ3n) is 4.51. The summed E-state index contributed by atoms with van der Waals surface area (Å²) in [6.07, 6.45) is 0.887. The van der Waals surface area contributed by atoms with Crippen LogP contribution in [-0.4, -0.2) is 40.5 Å². The van der Waals surface area contributed by atoms with Crippen molar-refractivity contribution in [2.45, 2.75) is 24.7 Å². The number of amides is 1. The summed E-state index contributed by atoms with van der Waals surface area (Å²) in [5.74, 6) is 1.86. The highest BCUT2D eigenvalue weighted by Crippen LogP contribution is 2.42. The number of hydrogen-bond donors (Lipinski definition) is 1. The first-order chi connectivity index (χ1) is 12.6. The summed E-state index contributed by atoms with van der Waals surface area (Å²) in [5, 5.41) is 2.86. The molecule has 0 aliphatic carbocycles. The average Bonchev–Trinajstić information content (AvgIpc) is 3.05. The fraction of sp³-hybridized carbons (Fsp3) is 0.350. The number of benzene rings is 2. The predicted molar refractivity (Wildman–Crippen MR) is 100 cm³/mol. The minimum atomic E-state index is -0.438. The number of carbonyl (C=O) groups is 1. The van der Waals surface area contributed by atoms with Gasteiger partial charge in [-0.15, -0.1) is 0 Å². The van der Waals surface area contributed by atoms with E-state index in [4.69, 9.17) is 22.1 Å². The van der Waals surface area contributed by atoms with Gasteiger partial charge in [-0.05, 0) is 36.1 Å². The van der Waals surface area contributed by atoms with E-state index in [0.29, 0.717) is 13.0 Å². The maximum Gasteiger partial charge on any atom is 0.223 e. The van der Waals surface area contributed by atoms with Crippen molar-refractivity contribution in [3.05, 3.63) is 53.6 Å². The Morgan fingerprint density at radius 2 is 2.00 bits per heavy atom. The molecule has 26 heavy (non-hydrogen) atoms. The van der Waals surface area contributed by atoms with E-state index in [1.165, 1.54) is 0 Å². The number of nitrogens with one attached hydrogen (secondary N) is 1. The van der Waals surface area contributed by atoms with Crippen LogP contribution in [0.25, 0.3) is 0 Å². The normalized spacial score (nSPS) is 16.3. The second-order valence-electron chi connectivity index (χ2n) is 6.32. The molecule has 134 valence electrons. The Morgan fingerprint density at radius 3 is 2.69 bits per heavy atom. The lowest BCUT2D eigenvalue weighted by Crippen LogP contribution is -2.37. The smallest absolute Gasteiger partial charge is 0.223 e. The van der Waals surface area contributed by atoms with Crippen molar-refractivity contribution in [1.82, 2.24) is 5.32 Å². The van der Waals surface area contributed by atoms with E-state index in [9.17, 15) is 4.79 Å². The Kier molecular flexibility index (Phi) is 5.71. The molecule has 1 N–H and O–H groups in total. The van der Waals surface area contributed by atoms with Crippen molar-refractivity contribution < 1.29 is 19.0 Å². The van der Waals surface area contributed by atoms with Crippen molar-refractivity contribution in [2.75, 3.05) is 20.8 Å². The van der Waals surface area contributed by atoms with Crippen LogP contribution in [-0.2, 0) is 11.2 Å². The van der Waals surface area contributed by atoms with Gasteiger partial charge in [-0.3, -0.25) is 4.79 Å². The molecule has 0 unspecified atom stereocenters. The van der Waals surface area contributed by atoms with Crippen LogP contribution in [0, 0.1) is 0 Å². The van der Waals surface area contributed by atoms with Gasteiger partial charge in [-0.1, -0.05) is 24.3 Å². The van der Waals surface area contributed by atoms with Gasteiger partial charge in [-0.2, -0.15) is 0 Å². The summed E-state index contributed by atoms with van der Waals surface area (Å²) >= 11 is 0. The first kappa shape index (κ1) is 18.2. The molecule has 1 heterocycles. The molecule has 2 atom stereocenters. The number of para-hydroxylation sites is 1. The summed E-state index contributed by atoms with van der Waals surface area (Å²) < 4.78 is 16.2. The van der Waals surface area contributed by atoms with E-state index in [-0.39, 0.29) is 18.2 Å². The number of ether oxygens (including phenoxy) is 3. The molecule has 2 radical (unpaired) electrons. The minimum Gasteiger partial charge on any atom is -0.497 e. The molecule has 0 spiro atoms. The van der Waals surface area contributed by atoms with Crippen LogP contribution < -0.4 is 19.5 Å². The molecular formula is C20H22BNO4. The topological polar surface area (TPSA) is 56.8 Å². The molecule has 0 saturated heterocycles. The molecule has 2 aromatic rings. The fourth-order valence-electron chi connectivity index (χ4n) is 3.19. The van der Waals surface area contributed by atoms with Gasteiger partial charge < -0.3 is 19.5 Å². The number of methoxy groups -OCH3 is 2. The van der Waals surface area contributed by atoms with E-state index >= 15 is 0 Å². The third kappa shape index (κ3) is 4.13. The quantitative estimate of drug-likeness (QED) is 0.779. The summed E-state index contributed by atoms with van der Waals surface area (Å²) in [4.78, 5) is 12.2. The zero-order valence-corrected chi connectivity index (χ0v) is 15.0. The Morgan fingerprint density at radius 1 is 1.23 bits per heavy atom. The van der Waals surface area contributed by atoms with Gasteiger partial charge in [0.05, 0.1) is 35.1 Å². The molecule has 1 aliphatic rings. The Hall–Kier alpha value is -2.63. The van der Waals surface area contributed by atoms with Crippen LogP contribution in [0.1, 0.15) is 23.5 Å². The van der Waals surface area contributed by atoms with Gasteiger partial charge in [0.2, 0.25) is 5.91 Å². The second kappa shape index (κ2) is 8.17. The molecule has 5 nitrogen and oxygen atoms in total. The number of hydrogen-bond acceptors (Lipinski definition) is 4. The highest BCUT2D eigenvalue weighted by Gasteiger charge is 2.28. The zero-order chi connectivity index (χ0) is 18.5. The first-order valence-corrected chi connectivity index (χ1v) is 8.58. The Bertz CT molecular complexity index is 763. The van der Waals surface area contributed by atoms with Crippen LogP contribution in [0.2, 0.25) is 0 Å². The molecular weight excluding hydrogens is 329 g/mol. The molecule has 0 bridgehead atoms. The first-order valence-electron chi connectivity index (χ1n) is 8.58. The van der Waals surface area contributed by atoms with Gasteiger partial charge in [0.1, 0.15) is 5.75 Å². The largest absolute Gasteiger partial charge is 0.497 e. The van der Waals surface area contributed by atoms with Crippen LogP contribution >= 0.6 is 0 Å². The number of fused-ring (bicyclic) bond motifs is 1. The monoisotopic (exact) mass is 351 g/mol. The van der Waals surface area contributed by atoms with E-state index in [1.54, 1.807) is 14.2 Å². The standard InChI is InChI=1S/C20H22BNO4/c1-24-15-8-6-13(7-9-15)10-19(23)22-18(21)11-14-12-26-20-16(14)4-3-5-17(20)25-2/h3-9,14,18H,10-12H2,1-2H3,(H,22,23)/t14-,18+/m1/s1. The Balaban J connectivity index is 1.54. The zero-order valence-electron chi connectivity index (χ0n) is 15.0. The summed E-state index contributed by atoms with van der Waals surface area (Å²) in [5.41, 5.74) is 1.99. The lowest BCUT2D eigenvalue weighted by Gasteiger charge is -2.18. The molecule has 0 aromatic heterocycles. The van der Waals surface area contributed by atoms with Gasteiger partial charge >= 0.3 is 0 Å². The van der Waals surface area contributed by atoms with Gasteiger partial charge in [-0.25, -0.2) is 0 Å². The molecule has 6 heteroatoms. The lowest BCUT2D eigenvalue weighted by molar-refractivity contribution is -0.120. The van der Waals surface area contributed by atoms with Gasteiger partial charge in [0, 0.05) is 11.5 Å². The van der Waals surface area contributed by atoms with Crippen molar-refractivity contribution in [3.8, 4) is 17.2 Å².